The van der Waals surface area contributed by atoms with Crippen molar-refractivity contribution in [3.05, 3.63) is 30.3 Å². The van der Waals surface area contributed by atoms with E-state index in [1.807, 2.05) is 0 Å². The number of benzene rings is 1. The van der Waals surface area contributed by atoms with Crippen molar-refractivity contribution in [3.8, 4) is 0 Å². The van der Waals surface area contributed by atoms with Crippen molar-refractivity contribution in [2.45, 2.75) is 20.9 Å². The molecule has 1 rings (SSSR count). The minimum atomic E-state index is -7.37. The first kappa shape index (κ1) is 26.1. The summed E-state index contributed by atoms with van der Waals surface area (Å²) < 4.78 is 157. The Morgan fingerprint density at radius 2 is 1.07 bits per heavy atom. The average Bonchev–Trinajstić information content (AvgIpc) is 2.45. The molecule has 0 aliphatic heterocycles. The molecule has 0 aliphatic rings. The largest absolute Gasteiger partial charge is 0.512 e. The second kappa shape index (κ2) is 7.52. The SMILES string of the molecule is O=S(=O)(NS(=O)(=O)C(F)(F)C(F)(F)S(=O)(=O)c1ccccc1)C(F)(F)F.[Li]. The third kappa shape index (κ3) is 4.43. The molecular formula is C9H6F7LiNO6S3. The summed E-state index contributed by atoms with van der Waals surface area (Å²) in [5.74, 6) is 0. The number of hydrogen-bond donors (Lipinski definition) is 1. The summed E-state index contributed by atoms with van der Waals surface area (Å²) in [6.07, 6.45) is 0. The molecule has 0 unspecified atom stereocenters. The van der Waals surface area contributed by atoms with Gasteiger partial charge >= 0.3 is 26.0 Å². The quantitative estimate of drug-likeness (QED) is 0.501. The molecule has 27 heavy (non-hydrogen) atoms. The van der Waals surface area contributed by atoms with Crippen molar-refractivity contribution < 1.29 is 56.0 Å². The third-order valence-corrected chi connectivity index (χ3v) is 7.84. The number of alkyl halides is 7. The van der Waals surface area contributed by atoms with Gasteiger partial charge in [-0.05, 0) is 12.1 Å². The van der Waals surface area contributed by atoms with Crippen LogP contribution in [0.3, 0.4) is 0 Å². The number of halogens is 7. The summed E-state index contributed by atoms with van der Waals surface area (Å²) in [6.45, 7) is 0. The van der Waals surface area contributed by atoms with E-state index in [9.17, 15) is 56.0 Å². The van der Waals surface area contributed by atoms with Gasteiger partial charge in [0.15, 0.2) is 0 Å². The minimum Gasteiger partial charge on any atom is -0.217 e. The van der Waals surface area contributed by atoms with Crippen molar-refractivity contribution >= 4 is 48.7 Å². The van der Waals surface area contributed by atoms with E-state index in [2.05, 4.69) is 0 Å². The summed E-state index contributed by atoms with van der Waals surface area (Å²) in [6, 6.07) is 3.46. The van der Waals surface area contributed by atoms with Gasteiger partial charge in [0.25, 0.3) is 19.9 Å². The van der Waals surface area contributed by atoms with Gasteiger partial charge in [0.1, 0.15) is 0 Å². The summed E-state index contributed by atoms with van der Waals surface area (Å²) in [5, 5.41) is -13.3. The monoisotopic (exact) mass is 460 g/mol. The Morgan fingerprint density at radius 1 is 0.667 bits per heavy atom. The van der Waals surface area contributed by atoms with Gasteiger partial charge in [-0.15, -0.1) is 0 Å². The Balaban J connectivity index is 0.00000676. The summed E-state index contributed by atoms with van der Waals surface area (Å²) in [7, 11) is -20.9. The zero-order valence-electron chi connectivity index (χ0n) is 12.7. The second-order valence-corrected chi connectivity index (χ2v) is 10.0. The number of sulfone groups is 1. The molecular weight excluding hydrogens is 454 g/mol. The first-order valence-corrected chi connectivity index (χ1v) is 10.2. The molecule has 1 radical (unpaired) electrons. The predicted molar refractivity (Wildman–Crippen MR) is 76.3 cm³/mol. The van der Waals surface area contributed by atoms with Gasteiger partial charge < -0.3 is 0 Å². The molecule has 0 aliphatic carbocycles. The number of sulfonamides is 2. The van der Waals surface area contributed by atoms with E-state index < -0.39 is 54.9 Å². The number of rotatable bonds is 6. The van der Waals surface area contributed by atoms with E-state index in [-0.39, 0.29) is 18.9 Å². The zero-order chi connectivity index (χ0) is 20.8. The van der Waals surface area contributed by atoms with Crippen LogP contribution in [0.4, 0.5) is 30.7 Å². The van der Waals surface area contributed by atoms with Gasteiger partial charge in [-0.25, -0.2) is 25.3 Å². The molecule has 0 fully saturated rings. The number of hydrogen-bond acceptors (Lipinski definition) is 6. The molecule has 0 amide bonds. The van der Waals surface area contributed by atoms with Crippen LogP contribution in [-0.2, 0) is 29.9 Å². The smallest absolute Gasteiger partial charge is 0.217 e. The van der Waals surface area contributed by atoms with E-state index in [4.69, 9.17) is 0 Å². The van der Waals surface area contributed by atoms with E-state index in [1.54, 1.807) is 0 Å². The second-order valence-electron chi connectivity index (χ2n) is 4.39. The van der Waals surface area contributed by atoms with Crippen molar-refractivity contribution in [3.63, 3.8) is 0 Å². The van der Waals surface area contributed by atoms with Crippen LogP contribution in [0.25, 0.3) is 0 Å². The van der Waals surface area contributed by atoms with Crippen molar-refractivity contribution in [1.82, 2.24) is 4.13 Å². The van der Waals surface area contributed by atoms with Crippen LogP contribution in [0.2, 0.25) is 0 Å². The van der Waals surface area contributed by atoms with E-state index in [0.29, 0.717) is 12.1 Å². The van der Waals surface area contributed by atoms with Crippen molar-refractivity contribution in [2.75, 3.05) is 0 Å². The Kier molecular flexibility index (Phi) is 7.28. The fraction of sp³-hybridized carbons (Fsp3) is 0.333. The van der Waals surface area contributed by atoms with Gasteiger partial charge in [0, 0.05) is 18.9 Å². The van der Waals surface area contributed by atoms with Crippen molar-refractivity contribution in [2.24, 2.45) is 0 Å². The van der Waals surface area contributed by atoms with Gasteiger partial charge in [-0.1, -0.05) is 22.3 Å². The van der Waals surface area contributed by atoms with Gasteiger partial charge in [0.2, 0.25) is 0 Å². The summed E-state index contributed by atoms with van der Waals surface area (Å²) in [4.78, 5) is -1.49. The van der Waals surface area contributed by atoms with Crippen LogP contribution in [0, 0.1) is 0 Å². The molecule has 0 aromatic heterocycles. The molecule has 18 heteroatoms. The molecule has 0 heterocycles. The molecule has 0 bridgehead atoms. The first-order chi connectivity index (χ1) is 11.3. The number of nitrogens with one attached hydrogen (secondary N) is 1. The standard InChI is InChI=1S/C9H6F7NO6S3.Li/c10-7(11,24(18,19)6-4-2-1-3-5-6)8(12,13)25(20,21)17-26(22,23)9(14,15)16;/h1-5,17H;. The molecule has 0 saturated heterocycles. The van der Waals surface area contributed by atoms with Crippen LogP contribution in [0.15, 0.2) is 35.2 Å². The zero-order valence-corrected chi connectivity index (χ0v) is 15.2. The van der Waals surface area contributed by atoms with Gasteiger partial charge in [-0.2, -0.15) is 30.7 Å². The maximum atomic E-state index is 13.8. The summed E-state index contributed by atoms with van der Waals surface area (Å²) >= 11 is 0. The van der Waals surface area contributed by atoms with E-state index in [1.165, 1.54) is 0 Å². The third-order valence-electron chi connectivity index (χ3n) is 2.59. The Bertz CT molecular complexity index is 990. The molecule has 0 saturated carbocycles. The molecule has 151 valence electrons. The minimum absolute atomic E-state index is 0. The Labute approximate surface area is 160 Å². The van der Waals surface area contributed by atoms with Crippen molar-refractivity contribution in [1.29, 1.82) is 0 Å². The normalized spacial score (nSPS) is 14.5. The van der Waals surface area contributed by atoms with Crippen LogP contribution >= 0.6 is 0 Å². The fourth-order valence-corrected chi connectivity index (χ4v) is 5.35. The topological polar surface area (TPSA) is 114 Å². The molecule has 0 atom stereocenters. The van der Waals surface area contributed by atoms with E-state index >= 15 is 0 Å². The Morgan fingerprint density at radius 3 is 1.44 bits per heavy atom. The van der Waals surface area contributed by atoms with Crippen LogP contribution < -0.4 is 4.13 Å². The Hall–Kier alpha value is -0.863. The average molecular weight is 460 g/mol. The fourth-order valence-electron chi connectivity index (χ4n) is 1.30. The van der Waals surface area contributed by atoms with Gasteiger partial charge in [-0.3, -0.25) is 0 Å². The first-order valence-electron chi connectivity index (χ1n) is 5.71. The molecule has 1 aromatic carbocycles. The van der Waals surface area contributed by atoms with Crippen LogP contribution in [0.1, 0.15) is 0 Å². The van der Waals surface area contributed by atoms with E-state index in [0.717, 1.165) is 18.2 Å². The molecule has 1 N–H and O–H groups in total. The molecule has 1 aromatic rings. The molecule has 0 spiro atoms. The maximum absolute atomic E-state index is 13.8. The summed E-state index contributed by atoms with van der Waals surface area (Å²) in [5.41, 5.74) is -6.45. The van der Waals surface area contributed by atoms with Crippen LogP contribution in [0.5, 0.6) is 0 Å². The van der Waals surface area contributed by atoms with Gasteiger partial charge in [0.05, 0.1) is 4.90 Å². The van der Waals surface area contributed by atoms with Crippen LogP contribution in [-0.4, -0.2) is 60.1 Å². The molecule has 7 nitrogen and oxygen atoms in total. The predicted octanol–water partition coefficient (Wildman–Crippen LogP) is 1.03. The maximum Gasteiger partial charge on any atom is 0.512 e.